The van der Waals surface area contributed by atoms with Gasteiger partial charge in [0.1, 0.15) is 5.75 Å². The van der Waals surface area contributed by atoms with Gasteiger partial charge in [0.15, 0.2) is 11.5 Å². The number of halogens is 1. The van der Waals surface area contributed by atoms with Gasteiger partial charge in [-0.15, -0.1) is 12.4 Å². The Morgan fingerprint density at radius 3 is 2.29 bits per heavy atom. The minimum atomic E-state index is 0. The lowest BCUT2D eigenvalue weighted by molar-refractivity contribution is 0.245. The quantitative estimate of drug-likeness (QED) is 0.870. The third-order valence-electron chi connectivity index (χ3n) is 3.93. The molecule has 1 unspecified atom stereocenters. The van der Waals surface area contributed by atoms with Gasteiger partial charge in [-0.25, -0.2) is 0 Å². The average molecular weight is 317 g/mol. The normalized spacial score (nSPS) is 18.2. The van der Waals surface area contributed by atoms with Crippen molar-refractivity contribution in [3.63, 3.8) is 0 Å². The van der Waals surface area contributed by atoms with E-state index in [0.29, 0.717) is 18.3 Å². The highest BCUT2D eigenvalue weighted by molar-refractivity contribution is 5.85. The van der Waals surface area contributed by atoms with Crippen molar-refractivity contribution in [1.82, 2.24) is 4.90 Å². The van der Waals surface area contributed by atoms with E-state index in [4.69, 9.17) is 19.9 Å². The van der Waals surface area contributed by atoms with E-state index in [1.54, 1.807) is 21.3 Å². The Kier molecular flexibility index (Phi) is 7.08. The standard InChI is InChI=1S/C15H24N2O3.ClH/c1-18-13-8-15(20-3)14(19-2)7-11(13)10-17-6-4-5-12(17)9-16;/h7-8,12H,4-6,9-10,16H2,1-3H3;1H. The molecule has 0 radical (unpaired) electrons. The van der Waals surface area contributed by atoms with Crippen LogP contribution in [0, 0.1) is 0 Å². The van der Waals surface area contributed by atoms with Gasteiger partial charge in [0.25, 0.3) is 0 Å². The molecule has 0 amide bonds. The molecular formula is C15H25ClN2O3. The molecule has 1 saturated heterocycles. The van der Waals surface area contributed by atoms with Gasteiger partial charge in [-0.05, 0) is 25.5 Å². The van der Waals surface area contributed by atoms with E-state index < -0.39 is 0 Å². The molecule has 2 rings (SSSR count). The van der Waals surface area contributed by atoms with E-state index in [1.807, 2.05) is 12.1 Å². The second kappa shape index (κ2) is 8.32. The van der Waals surface area contributed by atoms with Crippen molar-refractivity contribution in [2.75, 3.05) is 34.4 Å². The molecule has 0 spiro atoms. The fraction of sp³-hybridized carbons (Fsp3) is 0.600. The van der Waals surface area contributed by atoms with E-state index >= 15 is 0 Å². The molecule has 0 aromatic heterocycles. The molecule has 1 heterocycles. The van der Waals surface area contributed by atoms with E-state index in [9.17, 15) is 0 Å². The van der Waals surface area contributed by atoms with Gasteiger partial charge in [-0.1, -0.05) is 0 Å². The predicted molar refractivity (Wildman–Crippen MR) is 85.8 cm³/mol. The van der Waals surface area contributed by atoms with Gasteiger partial charge in [0.05, 0.1) is 21.3 Å². The number of methoxy groups -OCH3 is 3. The van der Waals surface area contributed by atoms with Crippen molar-refractivity contribution in [3.05, 3.63) is 17.7 Å². The van der Waals surface area contributed by atoms with Gasteiger partial charge in [-0.3, -0.25) is 4.90 Å². The fourth-order valence-corrected chi connectivity index (χ4v) is 2.81. The van der Waals surface area contributed by atoms with Crippen LogP contribution in [0.2, 0.25) is 0 Å². The van der Waals surface area contributed by atoms with Crippen LogP contribution in [-0.4, -0.2) is 45.4 Å². The number of ether oxygens (including phenoxy) is 3. The molecule has 0 saturated carbocycles. The molecule has 1 aliphatic rings. The second-order valence-corrected chi connectivity index (χ2v) is 5.02. The first-order valence-corrected chi connectivity index (χ1v) is 6.96. The van der Waals surface area contributed by atoms with Crippen molar-refractivity contribution in [1.29, 1.82) is 0 Å². The van der Waals surface area contributed by atoms with Crippen LogP contribution in [0.15, 0.2) is 12.1 Å². The van der Waals surface area contributed by atoms with Crippen LogP contribution in [0.25, 0.3) is 0 Å². The van der Waals surface area contributed by atoms with Gasteiger partial charge in [0.2, 0.25) is 0 Å². The fourth-order valence-electron chi connectivity index (χ4n) is 2.81. The summed E-state index contributed by atoms with van der Waals surface area (Å²) in [7, 11) is 4.95. The highest BCUT2D eigenvalue weighted by atomic mass is 35.5. The Bertz CT molecular complexity index is 457. The third kappa shape index (κ3) is 3.93. The lowest BCUT2D eigenvalue weighted by atomic mass is 10.1. The van der Waals surface area contributed by atoms with Gasteiger partial charge in [-0.2, -0.15) is 0 Å². The van der Waals surface area contributed by atoms with E-state index in [1.165, 1.54) is 12.8 Å². The van der Waals surface area contributed by atoms with Crippen molar-refractivity contribution >= 4 is 12.4 Å². The Hall–Kier alpha value is -1.17. The van der Waals surface area contributed by atoms with E-state index in [0.717, 1.165) is 30.2 Å². The summed E-state index contributed by atoms with van der Waals surface area (Å²) in [6.45, 7) is 2.61. The summed E-state index contributed by atoms with van der Waals surface area (Å²) >= 11 is 0. The summed E-state index contributed by atoms with van der Waals surface area (Å²) < 4.78 is 16.2. The SMILES string of the molecule is COc1cc(OC)c(OC)cc1CN1CCCC1CN.Cl. The number of hydrogen-bond acceptors (Lipinski definition) is 5. The largest absolute Gasteiger partial charge is 0.496 e. The van der Waals surface area contributed by atoms with Crippen LogP contribution >= 0.6 is 12.4 Å². The first-order chi connectivity index (χ1) is 9.73. The molecule has 2 N–H and O–H groups in total. The summed E-state index contributed by atoms with van der Waals surface area (Å²) in [5.74, 6) is 2.24. The van der Waals surface area contributed by atoms with Crippen LogP contribution in [0.4, 0.5) is 0 Å². The predicted octanol–water partition coefficient (Wildman–Crippen LogP) is 2.06. The maximum Gasteiger partial charge on any atom is 0.164 e. The van der Waals surface area contributed by atoms with Gasteiger partial charge in [0, 0.05) is 30.8 Å². The van der Waals surface area contributed by atoms with E-state index in [-0.39, 0.29) is 12.4 Å². The van der Waals surface area contributed by atoms with Gasteiger partial charge >= 0.3 is 0 Å². The molecule has 1 atom stereocenters. The number of nitrogens with zero attached hydrogens (tertiary/aromatic N) is 1. The summed E-state index contributed by atoms with van der Waals surface area (Å²) in [5, 5.41) is 0. The molecule has 6 heteroatoms. The smallest absolute Gasteiger partial charge is 0.164 e. The zero-order chi connectivity index (χ0) is 14.5. The van der Waals surface area contributed by atoms with Crippen LogP contribution in [-0.2, 0) is 6.54 Å². The maximum absolute atomic E-state index is 5.83. The molecule has 1 aromatic carbocycles. The Labute approximate surface area is 132 Å². The second-order valence-electron chi connectivity index (χ2n) is 5.02. The number of benzene rings is 1. The first-order valence-electron chi connectivity index (χ1n) is 6.96. The third-order valence-corrected chi connectivity index (χ3v) is 3.93. The summed E-state index contributed by atoms with van der Waals surface area (Å²) in [6, 6.07) is 4.33. The molecule has 1 aromatic rings. The zero-order valence-electron chi connectivity index (χ0n) is 12.9. The van der Waals surface area contributed by atoms with Crippen LogP contribution in [0.5, 0.6) is 17.2 Å². The molecule has 1 aliphatic heterocycles. The van der Waals surface area contributed by atoms with Crippen molar-refractivity contribution in [3.8, 4) is 17.2 Å². The number of nitrogens with two attached hydrogens (primary N) is 1. The molecule has 120 valence electrons. The average Bonchev–Trinajstić information content (AvgIpc) is 2.93. The molecule has 5 nitrogen and oxygen atoms in total. The Morgan fingerprint density at radius 2 is 1.71 bits per heavy atom. The first kappa shape index (κ1) is 17.9. The summed E-state index contributed by atoms with van der Waals surface area (Å²) in [6.07, 6.45) is 2.38. The minimum absolute atomic E-state index is 0. The molecule has 1 fully saturated rings. The van der Waals surface area contributed by atoms with Crippen molar-refractivity contribution in [2.24, 2.45) is 5.73 Å². The molecular weight excluding hydrogens is 292 g/mol. The van der Waals surface area contributed by atoms with Gasteiger partial charge < -0.3 is 19.9 Å². The Morgan fingerprint density at radius 1 is 1.10 bits per heavy atom. The molecule has 21 heavy (non-hydrogen) atoms. The lowest BCUT2D eigenvalue weighted by Gasteiger charge is -2.24. The van der Waals surface area contributed by atoms with Crippen molar-refractivity contribution < 1.29 is 14.2 Å². The zero-order valence-corrected chi connectivity index (χ0v) is 13.7. The number of rotatable bonds is 6. The lowest BCUT2D eigenvalue weighted by Crippen LogP contribution is -2.34. The number of hydrogen-bond donors (Lipinski definition) is 1. The topological polar surface area (TPSA) is 57.0 Å². The Balaban J connectivity index is 0.00000220. The maximum atomic E-state index is 5.83. The van der Waals surface area contributed by atoms with Crippen LogP contribution in [0.1, 0.15) is 18.4 Å². The van der Waals surface area contributed by atoms with Crippen LogP contribution < -0.4 is 19.9 Å². The minimum Gasteiger partial charge on any atom is -0.496 e. The molecule has 0 bridgehead atoms. The monoisotopic (exact) mass is 316 g/mol. The summed E-state index contributed by atoms with van der Waals surface area (Å²) in [5.41, 5.74) is 6.93. The molecule has 0 aliphatic carbocycles. The van der Waals surface area contributed by atoms with E-state index in [2.05, 4.69) is 4.90 Å². The highest BCUT2D eigenvalue weighted by Gasteiger charge is 2.24. The van der Waals surface area contributed by atoms with Crippen molar-refractivity contribution in [2.45, 2.75) is 25.4 Å². The number of likely N-dealkylation sites (tertiary alicyclic amines) is 1. The van der Waals surface area contributed by atoms with Crippen LogP contribution in [0.3, 0.4) is 0 Å². The highest BCUT2D eigenvalue weighted by Crippen LogP contribution is 2.36. The summed E-state index contributed by atoms with van der Waals surface area (Å²) in [4.78, 5) is 2.41.